The van der Waals surface area contributed by atoms with Crippen LogP contribution in [0.1, 0.15) is 48.0 Å². The molecular formula is C25H30N4O3S. The summed E-state index contributed by atoms with van der Waals surface area (Å²) >= 11 is 1.44. The molecule has 1 saturated heterocycles. The highest BCUT2D eigenvalue weighted by Gasteiger charge is 2.52. The van der Waals surface area contributed by atoms with Gasteiger partial charge in [-0.15, -0.1) is 0 Å². The van der Waals surface area contributed by atoms with Crippen LogP contribution in [0.5, 0.6) is 5.75 Å². The van der Waals surface area contributed by atoms with E-state index in [-0.39, 0.29) is 17.9 Å². The number of carbonyl (C=O) groups excluding carboxylic acids is 2. The Morgan fingerprint density at radius 1 is 1.21 bits per heavy atom. The highest BCUT2D eigenvalue weighted by Crippen LogP contribution is 2.53. The lowest BCUT2D eigenvalue weighted by molar-refractivity contribution is -0.123. The first-order valence-electron chi connectivity index (χ1n) is 11.6. The highest BCUT2D eigenvalue weighted by molar-refractivity contribution is 8.00. The molecule has 2 aromatic carbocycles. The van der Waals surface area contributed by atoms with Gasteiger partial charge in [-0.1, -0.05) is 18.6 Å². The molecule has 0 aromatic heterocycles. The Morgan fingerprint density at radius 2 is 1.97 bits per heavy atom. The highest BCUT2D eigenvalue weighted by atomic mass is 32.2. The fourth-order valence-electron chi connectivity index (χ4n) is 5.01. The van der Waals surface area contributed by atoms with Crippen molar-refractivity contribution in [3.8, 4) is 5.75 Å². The van der Waals surface area contributed by atoms with Gasteiger partial charge in [0.2, 0.25) is 5.91 Å². The van der Waals surface area contributed by atoms with Gasteiger partial charge in [-0.3, -0.25) is 9.59 Å². The van der Waals surface area contributed by atoms with Crippen molar-refractivity contribution in [1.82, 2.24) is 10.2 Å². The maximum Gasteiger partial charge on any atom is 0.253 e. The number of rotatable bonds is 6. The third-order valence-corrected chi connectivity index (χ3v) is 8.08. The van der Waals surface area contributed by atoms with Gasteiger partial charge in [0, 0.05) is 11.7 Å². The molecule has 1 spiro atoms. The quantitative estimate of drug-likeness (QED) is 0.558. The topological polar surface area (TPSA) is 82.7 Å². The molecule has 2 aliphatic heterocycles. The molecule has 7 nitrogen and oxygen atoms in total. The lowest BCUT2D eigenvalue weighted by atomic mass is 9.65. The molecular weight excluding hydrogens is 436 g/mol. The molecule has 174 valence electrons. The van der Waals surface area contributed by atoms with E-state index in [0.717, 1.165) is 67.1 Å². The SMILES string of the molecule is COc1ccccc1SNc1cc(C(=O)NC2CCN(C)CC2)c2c(c1)C1(CCC1)C(=O)N2. The van der Waals surface area contributed by atoms with Crippen molar-refractivity contribution < 1.29 is 14.3 Å². The van der Waals surface area contributed by atoms with E-state index in [0.29, 0.717) is 11.3 Å². The molecule has 0 atom stereocenters. The van der Waals surface area contributed by atoms with Crippen molar-refractivity contribution in [2.75, 3.05) is 37.3 Å². The van der Waals surface area contributed by atoms with Crippen LogP contribution < -0.4 is 20.1 Å². The second-order valence-corrected chi connectivity index (χ2v) is 10.1. The Hall–Kier alpha value is -2.71. The molecule has 33 heavy (non-hydrogen) atoms. The van der Waals surface area contributed by atoms with E-state index in [2.05, 4.69) is 27.3 Å². The molecule has 2 heterocycles. The Morgan fingerprint density at radius 3 is 2.67 bits per heavy atom. The van der Waals surface area contributed by atoms with Gasteiger partial charge in [-0.2, -0.15) is 0 Å². The maximum absolute atomic E-state index is 13.4. The molecule has 2 amide bonds. The Balaban J connectivity index is 1.44. The fraction of sp³-hybridized carbons (Fsp3) is 0.440. The standard InChI is InChI=1S/C25H30N4O3S/c1-29-12-8-16(9-13-29)26-23(30)18-14-17(28-33-21-7-4-3-6-20(21)32-2)15-19-22(18)27-24(31)25(19)10-5-11-25/h3-4,6-7,14-16,28H,5,8-13H2,1-2H3,(H,26,30)(H,27,31). The molecule has 0 radical (unpaired) electrons. The molecule has 8 heteroatoms. The molecule has 2 aromatic rings. The second kappa shape index (κ2) is 8.91. The van der Waals surface area contributed by atoms with Gasteiger partial charge in [0.1, 0.15) is 5.75 Å². The number of hydrogen-bond donors (Lipinski definition) is 3. The number of likely N-dealkylation sites (tertiary alicyclic amines) is 1. The molecule has 0 bridgehead atoms. The van der Waals surface area contributed by atoms with Crippen molar-refractivity contribution >= 4 is 35.1 Å². The minimum Gasteiger partial charge on any atom is -0.496 e. The van der Waals surface area contributed by atoms with E-state index in [1.807, 2.05) is 36.4 Å². The zero-order valence-electron chi connectivity index (χ0n) is 19.1. The number of anilines is 2. The number of ether oxygens (including phenoxy) is 1. The molecule has 3 aliphatic rings. The third kappa shape index (κ3) is 4.06. The second-order valence-electron chi connectivity index (χ2n) is 9.24. The van der Waals surface area contributed by atoms with Crippen molar-refractivity contribution in [2.45, 2.75) is 48.5 Å². The number of hydrogen-bond acceptors (Lipinski definition) is 6. The van der Waals surface area contributed by atoms with Crippen LogP contribution in [0.2, 0.25) is 0 Å². The Bertz CT molecular complexity index is 1080. The molecule has 5 rings (SSSR count). The van der Waals surface area contributed by atoms with Crippen LogP contribution in [0, 0.1) is 0 Å². The van der Waals surface area contributed by atoms with E-state index < -0.39 is 5.41 Å². The number of piperidine rings is 1. The Labute approximate surface area is 198 Å². The summed E-state index contributed by atoms with van der Waals surface area (Å²) in [6.07, 6.45) is 4.54. The minimum absolute atomic E-state index is 0.0200. The maximum atomic E-state index is 13.4. The van der Waals surface area contributed by atoms with Crippen LogP contribution in [-0.2, 0) is 10.2 Å². The van der Waals surface area contributed by atoms with Crippen LogP contribution in [0.25, 0.3) is 0 Å². The first-order valence-corrected chi connectivity index (χ1v) is 12.4. The fourth-order valence-corrected chi connectivity index (χ4v) is 5.75. The molecule has 2 fully saturated rings. The monoisotopic (exact) mass is 466 g/mol. The average molecular weight is 467 g/mol. The number of nitrogens with one attached hydrogen (secondary N) is 3. The Kier molecular flexibility index (Phi) is 5.97. The van der Waals surface area contributed by atoms with E-state index in [4.69, 9.17) is 4.74 Å². The minimum atomic E-state index is -0.495. The summed E-state index contributed by atoms with van der Waals surface area (Å²) < 4.78 is 8.83. The first kappa shape index (κ1) is 22.1. The molecule has 3 N–H and O–H groups in total. The first-order chi connectivity index (χ1) is 16.0. The van der Waals surface area contributed by atoms with Crippen LogP contribution in [0.3, 0.4) is 0 Å². The zero-order valence-corrected chi connectivity index (χ0v) is 19.9. The summed E-state index contributed by atoms with van der Waals surface area (Å²) in [5, 5.41) is 6.25. The normalized spacial score (nSPS) is 19.5. The third-order valence-electron chi connectivity index (χ3n) is 7.18. The van der Waals surface area contributed by atoms with Gasteiger partial charge in [-0.25, -0.2) is 0 Å². The summed E-state index contributed by atoms with van der Waals surface area (Å²) in [6.45, 7) is 1.94. The summed E-state index contributed by atoms with van der Waals surface area (Å²) in [4.78, 5) is 29.5. The van der Waals surface area contributed by atoms with Gasteiger partial charge < -0.3 is 25.0 Å². The molecule has 1 aliphatic carbocycles. The number of para-hydroxylation sites is 1. The van der Waals surface area contributed by atoms with Gasteiger partial charge >= 0.3 is 0 Å². The van der Waals surface area contributed by atoms with E-state index in [1.165, 1.54) is 11.9 Å². The van der Waals surface area contributed by atoms with Crippen molar-refractivity contribution in [3.05, 3.63) is 47.5 Å². The predicted molar refractivity (Wildman–Crippen MR) is 131 cm³/mol. The van der Waals surface area contributed by atoms with E-state index >= 15 is 0 Å². The summed E-state index contributed by atoms with van der Waals surface area (Å²) in [7, 11) is 3.75. The van der Waals surface area contributed by atoms with Gasteiger partial charge in [0.25, 0.3) is 5.91 Å². The summed E-state index contributed by atoms with van der Waals surface area (Å²) in [5.41, 5.74) is 2.47. The smallest absolute Gasteiger partial charge is 0.253 e. The number of amides is 2. The summed E-state index contributed by atoms with van der Waals surface area (Å²) in [6, 6.07) is 11.8. The van der Waals surface area contributed by atoms with Crippen LogP contribution in [0.4, 0.5) is 11.4 Å². The van der Waals surface area contributed by atoms with Gasteiger partial charge in [-0.05, 0) is 87.6 Å². The van der Waals surface area contributed by atoms with Crippen LogP contribution in [0.15, 0.2) is 41.3 Å². The van der Waals surface area contributed by atoms with Gasteiger partial charge in [0.15, 0.2) is 0 Å². The number of nitrogens with zero attached hydrogens (tertiary/aromatic N) is 1. The zero-order chi connectivity index (χ0) is 23.0. The van der Waals surface area contributed by atoms with E-state index in [1.54, 1.807) is 7.11 Å². The lowest BCUT2D eigenvalue weighted by Crippen LogP contribution is -2.43. The van der Waals surface area contributed by atoms with Crippen molar-refractivity contribution in [1.29, 1.82) is 0 Å². The van der Waals surface area contributed by atoms with Gasteiger partial charge in [0.05, 0.1) is 28.7 Å². The largest absolute Gasteiger partial charge is 0.496 e. The van der Waals surface area contributed by atoms with E-state index in [9.17, 15) is 9.59 Å². The predicted octanol–water partition coefficient (Wildman–Crippen LogP) is 4.01. The number of carbonyl (C=O) groups is 2. The lowest BCUT2D eigenvalue weighted by Gasteiger charge is -2.36. The average Bonchev–Trinajstić information content (AvgIpc) is 3.10. The van der Waals surface area contributed by atoms with Crippen LogP contribution in [-0.4, -0.2) is 50.0 Å². The molecule has 0 unspecified atom stereocenters. The van der Waals surface area contributed by atoms with Crippen molar-refractivity contribution in [2.24, 2.45) is 0 Å². The molecule has 1 saturated carbocycles. The summed E-state index contributed by atoms with van der Waals surface area (Å²) in [5.74, 6) is 0.679. The van der Waals surface area contributed by atoms with Crippen LogP contribution >= 0.6 is 11.9 Å². The van der Waals surface area contributed by atoms with Crippen molar-refractivity contribution in [3.63, 3.8) is 0 Å². The number of methoxy groups -OCH3 is 1. The number of fused-ring (bicyclic) bond motifs is 2. The number of benzene rings is 2.